The Bertz CT molecular complexity index is 703. The predicted molar refractivity (Wildman–Crippen MR) is 110 cm³/mol. The van der Waals surface area contributed by atoms with Crippen LogP contribution in [-0.2, 0) is 73.6 Å². The Hall–Kier alpha value is 0.954. The molecular weight excluding hydrogens is 588 g/mol. The van der Waals surface area contributed by atoms with Crippen molar-refractivity contribution in [2.45, 2.75) is 39.5 Å². The van der Waals surface area contributed by atoms with E-state index in [0.29, 0.717) is 26.1 Å². The zero-order valence-corrected chi connectivity index (χ0v) is 24.2. The fourth-order valence-electron chi connectivity index (χ4n) is 1.31. The van der Waals surface area contributed by atoms with Crippen molar-refractivity contribution in [3.05, 3.63) is 0 Å². The average Bonchev–Trinajstić information content (AvgIpc) is 3.18. The topological polar surface area (TPSA) is 240 Å². The molecule has 0 saturated carbocycles. The predicted octanol–water partition coefficient (Wildman–Crippen LogP) is 3.16. The van der Waals surface area contributed by atoms with E-state index < -0.39 is 49.9 Å². The molecular formula is C12H32O17P4Ti. The second-order valence-corrected chi connectivity index (χ2v) is 13.7. The number of hydrogen-bond acceptors (Lipinski definition) is 13. The van der Waals surface area contributed by atoms with Crippen LogP contribution in [0.5, 0.6) is 0 Å². The molecule has 0 spiro atoms. The summed E-state index contributed by atoms with van der Waals surface area (Å²) < 4.78 is 87.0. The molecule has 0 aromatic heterocycles. The summed E-state index contributed by atoms with van der Waals surface area (Å²) in [6.07, 6.45) is 2.63. The van der Waals surface area contributed by atoms with Gasteiger partial charge in [0.1, 0.15) is 0 Å². The third-order valence-corrected chi connectivity index (χ3v) is 9.52. The summed E-state index contributed by atoms with van der Waals surface area (Å²) in [4.78, 5) is 35.2. The van der Waals surface area contributed by atoms with Crippen LogP contribution in [0.2, 0.25) is 0 Å². The standard InChI is InChI=1S/2C5H14O7P2.C2H4O2.O.Ti/c2*1-3-4-5-11-14(8,9)12-13(6,7)10-2;3-1-2-4;;/h2*3-5H2,1-2H3,(H,6,7)(H,8,9);1-2H2;;/q;;-2;;+2. The van der Waals surface area contributed by atoms with E-state index in [2.05, 4.69) is 33.4 Å². The van der Waals surface area contributed by atoms with Crippen molar-refractivity contribution in [2.75, 3.05) is 40.6 Å². The summed E-state index contributed by atoms with van der Waals surface area (Å²) in [5.41, 5.74) is 0. The van der Waals surface area contributed by atoms with E-state index in [1.54, 1.807) is 0 Å². The molecule has 17 nitrogen and oxygen atoms in total. The number of hydrogen-bond donors (Lipinski definition) is 4. The molecule has 0 amide bonds. The average molecular weight is 620 g/mol. The third-order valence-electron chi connectivity index (χ3n) is 2.90. The van der Waals surface area contributed by atoms with Gasteiger partial charge in [0.05, 0.1) is 13.2 Å². The zero-order valence-electron chi connectivity index (χ0n) is 19.0. The molecule has 1 heterocycles. The van der Waals surface area contributed by atoms with E-state index in [9.17, 15) is 21.6 Å². The molecule has 0 bridgehead atoms. The Labute approximate surface area is 204 Å². The summed E-state index contributed by atoms with van der Waals surface area (Å²) in [6.45, 7) is 4.73. The van der Waals surface area contributed by atoms with E-state index in [-0.39, 0.29) is 13.2 Å². The molecule has 0 aromatic carbocycles. The van der Waals surface area contributed by atoms with Crippen LogP contribution < -0.4 is 0 Å². The van der Waals surface area contributed by atoms with Gasteiger partial charge >= 0.3 is 73.1 Å². The fourth-order valence-corrected chi connectivity index (χ4v) is 5.94. The van der Waals surface area contributed by atoms with Crippen molar-refractivity contribution in [1.29, 1.82) is 0 Å². The third kappa shape index (κ3) is 23.4. The molecule has 0 aromatic rings. The molecule has 0 radical (unpaired) electrons. The first-order valence-corrected chi connectivity index (χ1v) is 17.4. The van der Waals surface area contributed by atoms with Gasteiger partial charge in [-0.05, 0) is 12.8 Å². The Morgan fingerprint density at radius 1 is 0.706 bits per heavy atom. The first kappa shape index (κ1) is 37.1. The Morgan fingerprint density at radius 2 is 1.03 bits per heavy atom. The van der Waals surface area contributed by atoms with Crippen LogP contribution in [0.3, 0.4) is 0 Å². The van der Waals surface area contributed by atoms with E-state index in [1.807, 2.05) is 13.8 Å². The monoisotopic (exact) mass is 620 g/mol. The van der Waals surface area contributed by atoms with Gasteiger partial charge in [-0.15, -0.1) is 0 Å². The van der Waals surface area contributed by atoms with Gasteiger partial charge < -0.3 is 19.6 Å². The van der Waals surface area contributed by atoms with Gasteiger partial charge in [-0.2, -0.15) is 8.62 Å². The SMILES string of the molecule is CCCCOP(=O)(O)OP(=O)(O)OC.CCCCOP(=O)(O)OP(=O)(O)OC.[O]=[Ti]1[O]CC[O]1. The summed E-state index contributed by atoms with van der Waals surface area (Å²) in [6, 6.07) is 0. The van der Waals surface area contributed by atoms with Crippen molar-refractivity contribution >= 4 is 31.3 Å². The van der Waals surface area contributed by atoms with Crippen LogP contribution in [0, 0.1) is 0 Å². The molecule has 34 heavy (non-hydrogen) atoms. The van der Waals surface area contributed by atoms with Crippen LogP contribution in [0.25, 0.3) is 0 Å². The van der Waals surface area contributed by atoms with Gasteiger partial charge in [0.25, 0.3) is 0 Å². The maximum absolute atomic E-state index is 11.0. The van der Waals surface area contributed by atoms with E-state index >= 15 is 0 Å². The van der Waals surface area contributed by atoms with E-state index in [1.165, 1.54) is 0 Å². The molecule has 1 rings (SSSR count). The molecule has 4 unspecified atom stereocenters. The van der Waals surface area contributed by atoms with E-state index in [4.69, 9.17) is 19.6 Å². The summed E-state index contributed by atoms with van der Waals surface area (Å²) >= 11 is -2.52. The van der Waals surface area contributed by atoms with Crippen LogP contribution in [0.15, 0.2) is 0 Å². The van der Waals surface area contributed by atoms with Crippen molar-refractivity contribution < 1.29 is 93.1 Å². The quantitative estimate of drug-likeness (QED) is 0.124. The molecule has 1 fully saturated rings. The van der Waals surface area contributed by atoms with Gasteiger partial charge in [0.2, 0.25) is 0 Å². The molecule has 1 aliphatic heterocycles. The first-order valence-electron chi connectivity index (χ1n) is 9.49. The van der Waals surface area contributed by atoms with Crippen molar-refractivity contribution in [3.8, 4) is 0 Å². The second kappa shape index (κ2) is 19.1. The zero-order chi connectivity index (χ0) is 26.9. The van der Waals surface area contributed by atoms with Gasteiger partial charge in [-0.25, -0.2) is 18.3 Å². The Balaban J connectivity index is 0. The minimum atomic E-state index is -4.50. The molecule has 4 N–H and O–H groups in total. The van der Waals surface area contributed by atoms with Gasteiger partial charge in [0, 0.05) is 14.2 Å². The molecule has 206 valence electrons. The van der Waals surface area contributed by atoms with Gasteiger partial charge in [-0.1, -0.05) is 26.7 Å². The second-order valence-electron chi connectivity index (χ2n) is 5.72. The Morgan fingerprint density at radius 3 is 1.24 bits per heavy atom. The number of phosphoric acid groups is 4. The summed E-state index contributed by atoms with van der Waals surface area (Å²) in [5.74, 6) is 0. The maximum atomic E-state index is 11.0. The number of unbranched alkanes of at least 4 members (excludes halogenated alkanes) is 2. The fraction of sp³-hybridized carbons (Fsp3) is 1.00. The summed E-state index contributed by atoms with van der Waals surface area (Å²) in [7, 11) is -16.2. The van der Waals surface area contributed by atoms with Crippen molar-refractivity contribution in [2.24, 2.45) is 0 Å². The molecule has 22 heteroatoms. The molecule has 1 saturated heterocycles. The normalized spacial score (nSPS) is 20.4. The van der Waals surface area contributed by atoms with Crippen molar-refractivity contribution in [3.63, 3.8) is 0 Å². The first-order chi connectivity index (χ1) is 15.6. The molecule has 0 aliphatic carbocycles. The Kier molecular flexibility index (Phi) is 20.8. The van der Waals surface area contributed by atoms with Crippen LogP contribution in [0.1, 0.15) is 39.5 Å². The molecule has 1 aliphatic rings. The number of rotatable bonds is 14. The van der Waals surface area contributed by atoms with Gasteiger partial charge in [0.15, 0.2) is 0 Å². The molecule has 4 atom stereocenters. The van der Waals surface area contributed by atoms with Crippen LogP contribution in [0.4, 0.5) is 0 Å². The summed E-state index contributed by atoms with van der Waals surface area (Å²) in [5, 5.41) is 0. The van der Waals surface area contributed by atoms with E-state index in [0.717, 1.165) is 27.1 Å². The number of phosphoric ester groups is 4. The van der Waals surface area contributed by atoms with Gasteiger partial charge in [-0.3, -0.25) is 18.1 Å². The van der Waals surface area contributed by atoms with Crippen LogP contribution in [-0.4, -0.2) is 60.2 Å². The van der Waals surface area contributed by atoms with Crippen molar-refractivity contribution in [1.82, 2.24) is 0 Å². The van der Waals surface area contributed by atoms with Crippen LogP contribution >= 0.6 is 31.3 Å². The minimum absolute atomic E-state index is 0.0198.